The number of fused-ring (bicyclic) bond motifs is 2. The zero-order valence-corrected chi connectivity index (χ0v) is 28.6. The molecule has 0 saturated heterocycles. The van der Waals surface area contributed by atoms with Crippen molar-refractivity contribution in [3.63, 3.8) is 0 Å². The van der Waals surface area contributed by atoms with Crippen LogP contribution in [0.3, 0.4) is 0 Å². The smallest absolute Gasteiger partial charge is 0.296 e. The molecule has 2 aliphatic carbocycles. The first-order chi connectivity index (χ1) is 22.1. The lowest BCUT2D eigenvalue weighted by atomic mass is 9.90. The molecule has 0 spiro atoms. The predicted octanol–water partition coefficient (Wildman–Crippen LogP) is 8.47. The number of nitrogens with one attached hydrogen (secondary N) is 1. The number of carbonyl (C=O) groups is 1. The van der Waals surface area contributed by atoms with Gasteiger partial charge in [-0.05, 0) is 91.6 Å². The van der Waals surface area contributed by atoms with Gasteiger partial charge in [-0.1, -0.05) is 63.6 Å². The molecular formula is C38H44F2N2O4S. The van der Waals surface area contributed by atoms with Crippen LogP contribution in [0.2, 0.25) is 0 Å². The quantitative estimate of drug-likeness (QED) is 0.144. The standard InChI is InChI=1S/C38H44F2N2O4S/c1-25-6-11-32(12-7-25)47(44,45)46-24-26(2)23-42-33-13-10-31(21-29(33)22-34(42)36(3,4)5)41-35(43)37(18-19-37)30-9-8-27-14-16-38(39,40)17-15-28(27)20-30/h6-13,20-22,26H,14-19,23-24H2,1-5H3,(H,41,43). The maximum absolute atomic E-state index is 14.1. The predicted molar refractivity (Wildman–Crippen MR) is 182 cm³/mol. The molecule has 1 amide bonds. The van der Waals surface area contributed by atoms with Crippen molar-refractivity contribution >= 4 is 32.6 Å². The topological polar surface area (TPSA) is 77.4 Å². The molecule has 9 heteroatoms. The van der Waals surface area contributed by atoms with Gasteiger partial charge in [0.2, 0.25) is 11.8 Å². The van der Waals surface area contributed by atoms with E-state index in [0.717, 1.165) is 51.7 Å². The Hall–Kier alpha value is -3.56. The van der Waals surface area contributed by atoms with Crippen molar-refractivity contribution in [3.8, 4) is 0 Å². The largest absolute Gasteiger partial charge is 0.344 e. The molecule has 1 fully saturated rings. The molecule has 250 valence electrons. The van der Waals surface area contributed by atoms with Crippen molar-refractivity contribution in [2.45, 2.75) is 101 Å². The molecular weight excluding hydrogens is 618 g/mol. The van der Waals surface area contributed by atoms with Gasteiger partial charge >= 0.3 is 0 Å². The highest BCUT2D eigenvalue weighted by atomic mass is 32.2. The van der Waals surface area contributed by atoms with Crippen LogP contribution in [0, 0.1) is 12.8 Å². The van der Waals surface area contributed by atoms with Crippen molar-refractivity contribution in [2.24, 2.45) is 5.92 Å². The second kappa shape index (κ2) is 12.2. The summed E-state index contributed by atoms with van der Waals surface area (Å²) in [5.74, 6) is -2.83. The lowest BCUT2D eigenvalue weighted by molar-refractivity contribution is -0.118. The number of aromatic nitrogens is 1. The van der Waals surface area contributed by atoms with Gasteiger partial charge < -0.3 is 9.88 Å². The van der Waals surface area contributed by atoms with Crippen LogP contribution in [0.4, 0.5) is 14.5 Å². The summed E-state index contributed by atoms with van der Waals surface area (Å²) in [4.78, 5) is 13.9. The summed E-state index contributed by atoms with van der Waals surface area (Å²) in [6.07, 6.45) is 1.84. The molecule has 0 bridgehead atoms. The molecule has 4 aromatic rings. The highest BCUT2D eigenvalue weighted by Crippen LogP contribution is 2.50. The minimum absolute atomic E-state index is 0.0425. The second-order valence-corrected chi connectivity index (χ2v) is 16.3. The molecule has 1 heterocycles. The molecule has 1 N–H and O–H groups in total. The summed E-state index contributed by atoms with van der Waals surface area (Å²) in [5.41, 5.74) is 5.72. The van der Waals surface area contributed by atoms with Gasteiger partial charge in [-0.15, -0.1) is 0 Å². The van der Waals surface area contributed by atoms with Crippen LogP contribution in [0.25, 0.3) is 10.9 Å². The number of carbonyl (C=O) groups excluding carboxylic acids is 1. The highest BCUT2D eigenvalue weighted by Gasteiger charge is 2.51. The SMILES string of the molecule is Cc1ccc(S(=O)(=O)OCC(C)Cn2c(C(C)(C)C)cc3cc(NC(=O)C4(c5ccc6c(c5)CCC(F)(F)CC6)CC4)ccc32)cc1. The van der Waals surface area contributed by atoms with E-state index in [1.165, 1.54) is 0 Å². The van der Waals surface area contributed by atoms with Gasteiger partial charge in [0.1, 0.15) is 0 Å². The van der Waals surface area contributed by atoms with Gasteiger partial charge in [0.15, 0.2) is 0 Å². The fraction of sp³-hybridized carbons (Fsp3) is 0.447. The van der Waals surface area contributed by atoms with E-state index in [1.807, 2.05) is 50.2 Å². The number of aryl methyl sites for hydroxylation is 3. The summed E-state index contributed by atoms with van der Waals surface area (Å²) < 4.78 is 61.4. The summed E-state index contributed by atoms with van der Waals surface area (Å²) in [6.45, 7) is 10.9. The van der Waals surface area contributed by atoms with Gasteiger partial charge in [-0.2, -0.15) is 8.42 Å². The molecule has 2 aliphatic rings. The number of nitrogens with zero attached hydrogens (tertiary/aromatic N) is 1. The normalized spacial score (nSPS) is 17.9. The van der Waals surface area contributed by atoms with E-state index in [0.29, 0.717) is 25.1 Å². The van der Waals surface area contributed by atoms with E-state index < -0.39 is 21.5 Å². The Morgan fingerprint density at radius 1 is 0.936 bits per heavy atom. The summed E-state index contributed by atoms with van der Waals surface area (Å²) in [7, 11) is -3.87. The van der Waals surface area contributed by atoms with Gasteiger partial charge in [0.05, 0.1) is 16.9 Å². The van der Waals surface area contributed by atoms with Crippen LogP contribution in [0.1, 0.15) is 81.3 Å². The third-order valence-electron chi connectivity index (χ3n) is 9.70. The van der Waals surface area contributed by atoms with Gasteiger partial charge in [0.25, 0.3) is 10.1 Å². The molecule has 47 heavy (non-hydrogen) atoms. The average Bonchev–Trinajstić information content (AvgIpc) is 3.77. The van der Waals surface area contributed by atoms with Crippen molar-refractivity contribution in [1.29, 1.82) is 0 Å². The molecule has 1 unspecified atom stereocenters. The van der Waals surface area contributed by atoms with Gasteiger partial charge in [-0.25, -0.2) is 8.78 Å². The van der Waals surface area contributed by atoms with Crippen LogP contribution in [-0.2, 0) is 49.3 Å². The number of alkyl halides is 2. The zero-order valence-electron chi connectivity index (χ0n) is 27.8. The first-order valence-corrected chi connectivity index (χ1v) is 17.9. The molecule has 1 aromatic heterocycles. The Kier molecular flexibility index (Phi) is 8.62. The summed E-state index contributed by atoms with van der Waals surface area (Å²) in [5, 5.41) is 4.13. The van der Waals surface area contributed by atoms with E-state index in [4.69, 9.17) is 4.18 Å². The highest BCUT2D eigenvalue weighted by molar-refractivity contribution is 7.86. The summed E-state index contributed by atoms with van der Waals surface area (Å²) in [6, 6.07) is 20.5. The first-order valence-electron chi connectivity index (χ1n) is 16.5. The Balaban J connectivity index is 1.19. The number of amides is 1. The Labute approximate surface area is 276 Å². The van der Waals surface area contributed by atoms with E-state index in [9.17, 15) is 22.0 Å². The van der Waals surface area contributed by atoms with Crippen molar-refractivity contribution in [2.75, 3.05) is 11.9 Å². The van der Waals surface area contributed by atoms with Crippen LogP contribution >= 0.6 is 0 Å². The third kappa shape index (κ3) is 7.02. The van der Waals surface area contributed by atoms with E-state index in [-0.39, 0.29) is 41.6 Å². The number of halogens is 2. The van der Waals surface area contributed by atoms with Crippen LogP contribution in [0.5, 0.6) is 0 Å². The average molecular weight is 663 g/mol. The zero-order chi connectivity index (χ0) is 33.8. The fourth-order valence-electron chi connectivity index (χ4n) is 6.69. The Morgan fingerprint density at radius 3 is 2.28 bits per heavy atom. The molecule has 0 aliphatic heterocycles. The van der Waals surface area contributed by atoms with E-state index in [2.05, 4.69) is 36.7 Å². The Morgan fingerprint density at radius 2 is 1.62 bits per heavy atom. The monoisotopic (exact) mass is 662 g/mol. The van der Waals surface area contributed by atoms with Gasteiger partial charge in [-0.3, -0.25) is 8.98 Å². The Bertz CT molecular complexity index is 1920. The molecule has 1 atom stereocenters. The van der Waals surface area contributed by atoms with Crippen LogP contribution in [-0.4, -0.2) is 31.4 Å². The van der Waals surface area contributed by atoms with Crippen molar-refractivity contribution in [1.82, 2.24) is 4.57 Å². The van der Waals surface area contributed by atoms with Gasteiger partial charge in [0, 0.05) is 47.1 Å². The van der Waals surface area contributed by atoms with Crippen molar-refractivity contribution < 1.29 is 26.2 Å². The molecule has 3 aromatic carbocycles. The van der Waals surface area contributed by atoms with E-state index >= 15 is 0 Å². The lowest BCUT2D eigenvalue weighted by Crippen LogP contribution is -2.28. The number of hydrogen-bond donors (Lipinski definition) is 1. The number of anilines is 1. The number of hydrogen-bond acceptors (Lipinski definition) is 4. The van der Waals surface area contributed by atoms with E-state index in [1.54, 1.807) is 24.3 Å². The minimum atomic E-state index is -3.87. The van der Waals surface area contributed by atoms with Crippen molar-refractivity contribution in [3.05, 3.63) is 94.7 Å². The molecule has 1 saturated carbocycles. The minimum Gasteiger partial charge on any atom is -0.344 e. The van der Waals surface area contributed by atoms with Crippen LogP contribution in [0.15, 0.2) is 71.6 Å². The number of benzene rings is 3. The molecule has 0 radical (unpaired) electrons. The maximum Gasteiger partial charge on any atom is 0.296 e. The number of rotatable bonds is 9. The lowest BCUT2D eigenvalue weighted by Gasteiger charge is -2.24. The molecule has 6 rings (SSSR count). The summed E-state index contributed by atoms with van der Waals surface area (Å²) >= 11 is 0. The molecule has 6 nitrogen and oxygen atoms in total. The third-order valence-corrected chi connectivity index (χ3v) is 11.0. The van der Waals surface area contributed by atoms with Crippen LogP contribution < -0.4 is 5.32 Å². The fourth-order valence-corrected chi connectivity index (χ4v) is 7.71. The first kappa shape index (κ1) is 33.3. The maximum atomic E-state index is 14.1. The second-order valence-electron chi connectivity index (χ2n) is 14.7.